The lowest BCUT2D eigenvalue weighted by Gasteiger charge is -2.19. The van der Waals surface area contributed by atoms with Crippen molar-refractivity contribution >= 4 is 22.9 Å². The van der Waals surface area contributed by atoms with E-state index in [0.29, 0.717) is 13.1 Å². The summed E-state index contributed by atoms with van der Waals surface area (Å²) >= 11 is 0. The molecule has 0 bridgehead atoms. The fourth-order valence-electron chi connectivity index (χ4n) is 4.20. The molecular weight excluding hydrogens is 402 g/mol. The molecule has 0 spiro atoms. The molecule has 0 radical (unpaired) electrons. The number of fused-ring (bicyclic) bond motifs is 1. The van der Waals surface area contributed by atoms with E-state index in [-0.39, 0.29) is 12.1 Å². The van der Waals surface area contributed by atoms with E-state index in [1.54, 1.807) is 13.3 Å². The summed E-state index contributed by atoms with van der Waals surface area (Å²) in [7, 11) is 1.66. The zero-order chi connectivity index (χ0) is 22.1. The van der Waals surface area contributed by atoms with Crippen molar-refractivity contribution in [2.24, 2.45) is 0 Å². The Kier molecular flexibility index (Phi) is 5.23. The van der Waals surface area contributed by atoms with E-state index in [9.17, 15) is 4.79 Å². The second-order valence-electron chi connectivity index (χ2n) is 8.06. The molecule has 1 saturated heterocycles. The van der Waals surface area contributed by atoms with Gasteiger partial charge in [-0.2, -0.15) is 0 Å². The van der Waals surface area contributed by atoms with Gasteiger partial charge in [-0.15, -0.1) is 0 Å². The van der Waals surface area contributed by atoms with Crippen LogP contribution < -0.4 is 10.1 Å². The molecule has 0 unspecified atom stereocenters. The van der Waals surface area contributed by atoms with Crippen LogP contribution in [0.25, 0.3) is 22.6 Å². The first kappa shape index (κ1) is 20.1. The van der Waals surface area contributed by atoms with Crippen molar-refractivity contribution in [2.75, 3.05) is 25.5 Å². The Bertz CT molecular complexity index is 1250. The van der Waals surface area contributed by atoms with E-state index < -0.39 is 0 Å². The normalized spacial score (nSPS) is 15.8. The molecule has 1 atom stereocenters. The molecular formula is C25H25N5O2. The Morgan fingerprint density at radius 2 is 1.88 bits per heavy atom. The molecule has 5 rings (SSSR count). The third-order valence-corrected chi connectivity index (χ3v) is 5.92. The Morgan fingerprint density at radius 3 is 2.62 bits per heavy atom. The number of carbonyl (C=O) groups excluding carboxylic acids is 1. The number of amides is 2. The lowest BCUT2D eigenvalue weighted by Crippen LogP contribution is -2.33. The van der Waals surface area contributed by atoms with Crippen molar-refractivity contribution < 1.29 is 9.53 Å². The highest BCUT2D eigenvalue weighted by Crippen LogP contribution is 2.33. The number of aromatic nitrogens is 3. The Morgan fingerprint density at radius 1 is 1.09 bits per heavy atom. The second kappa shape index (κ2) is 8.34. The van der Waals surface area contributed by atoms with Crippen LogP contribution in [-0.2, 0) is 0 Å². The number of carbonyl (C=O) groups is 1. The summed E-state index contributed by atoms with van der Waals surface area (Å²) in [4.78, 5) is 24.2. The van der Waals surface area contributed by atoms with E-state index in [1.165, 1.54) is 0 Å². The molecule has 2 aromatic carbocycles. The highest BCUT2D eigenvalue weighted by atomic mass is 16.5. The second-order valence-corrected chi connectivity index (χ2v) is 8.06. The summed E-state index contributed by atoms with van der Waals surface area (Å²) in [5, 5.41) is 3.01. The van der Waals surface area contributed by atoms with Gasteiger partial charge in [-0.05, 0) is 61.9 Å². The number of anilines is 1. The Labute approximate surface area is 186 Å². The molecule has 1 N–H and O–H groups in total. The molecule has 2 amide bonds. The van der Waals surface area contributed by atoms with Gasteiger partial charge in [0.15, 0.2) is 5.65 Å². The monoisotopic (exact) mass is 427 g/mol. The molecule has 4 aromatic rings. The summed E-state index contributed by atoms with van der Waals surface area (Å²) < 4.78 is 7.48. The fourth-order valence-corrected chi connectivity index (χ4v) is 4.20. The third kappa shape index (κ3) is 3.77. The van der Waals surface area contributed by atoms with Gasteiger partial charge in [-0.3, -0.25) is 0 Å². The van der Waals surface area contributed by atoms with Gasteiger partial charge < -0.3 is 19.5 Å². The van der Waals surface area contributed by atoms with Gasteiger partial charge in [0.25, 0.3) is 0 Å². The predicted octanol–water partition coefficient (Wildman–Crippen LogP) is 4.89. The number of imidazole rings is 1. The quantitative estimate of drug-likeness (QED) is 0.503. The van der Waals surface area contributed by atoms with Crippen LogP contribution in [-0.4, -0.2) is 45.7 Å². The minimum atomic E-state index is -0.0836. The van der Waals surface area contributed by atoms with Gasteiger partial charge >= 0.3 is 6.03 Å². The predicted molar refractivity (Wildman–Crippen MR) is 125 cm³/mol. The summed E-state index contributed by atoms with van der Waals surface area (Å²) in [5.41, 5.74) is 4.64. The first-order valence-corrected chi connectivity index (χ1v) is 10.7. The Hall–Kier alpha value is -3.87. The summed E-state index contributed by atoms with van der Waals surface area (Å²) in [6.07, 6.45) is 2.63. The number of methoxy groups -OCH3 is 1. The number of hydrogen-bond donors (Lipinski definition) is 1. The van der Waals surface area contributed by atoms with E-state index in [4.69, 9.17) is 9.72 Å². The lowest BCUT2D eigenvalue weighted by atomic mass is 10.2. The molecule has 7 heteroatoms. The molecule has 0 aliphatic carbocycles. The van der Waals surface area contributed by atoms with E-state index in [1.807, 2.05) is 72.5 Å². The average Bonchev–Trinajstić information content (AvgIpc) is 3.45. The maximum atomic E-state index is 12.9. The first-order chi connectivity index (χ1) is 15.6. The third-order valence-electron chi connectivity index (χ3n) is 5.92. The van der Waals surface area contributed by atoms with Crippen LogP contribution >= 0.6 is 0 Å². The molecule has 3 heterocycles. The SMILES string of the molecule is COc1ccc(-c2nc3cccnc3n2[C@@H]2CCN(C(=O)Nc3ccc(C)cc3)C2)cc1. The number of pyridine rings is 1. The standard InChI is InChI=1S/C25H25N5O2/c1-17-5-9-19(10-6-17)27-25(31)29-15-13-20(16-29)30-23(18-7-11-21(32-2)12-8-18)28-22-4-3-14-26-24(22)30/h3-12,14,20H,13,15-16H2,1-2H3,(H,27,31)/t20-/m1/s1. The zero-order valence-electron chi connectivity index (χ0n) is 18.2. The summed E-state index contributed by atoms with van der Waals surface area (Å²) in [6.45, 7) is 3.31. The highest BCUT2D eigenvalue weighted by molar-refractivity contribution is 5.89. The van der Waals surface area contributed by atoms with Crippen LogP contribution in [0.15, 0.2) is 66.9 Å². The maximum Gasteiger partial charge on any atom is 0.321 e. The van der Waals surface area contributed by atoms with Crippen molar-refractivity contribution in [3.8, 4) is 17.1 Å². The van der Waals surface area contributed by atoms with Crippen LogP contribution in [0.2, 0.25) is 0 Å². The number of nitrogens with zero attached hydrogens (tertiary/aromatic N) is 4. The van der Waals surface area contributed by atoms with Crippen LogP contribution in [0, 0.1) is 6.92 Å². The molecule has 32 heavy (non-hydrogen) atoms. The van der Waals surface area contributed by atoms with Crippen molar-refractivity contribution in [1.29, 1.82) is 0 Å². The zero-order valence-corrected chi connectivity index (χ0v) is 18.2. The lowest BCUT2D eigenvalue weighted by molar-refractivity contribution is 0.221. The molecule has 0 saturated carbocycles. The van der Waals surface area contributed by atoms with Crippen molar-refractivity contribution in [1.82, 2.24) is 19.4 Å². The molecule has 7 nitrogen and oxygen atoms in total. The minimum absolute atomic E-state index is 0.0836. The van der Waals surface area contributed by atoms with Crippen molar-refractivity contribution in [2.45, 2.75) is 19.4 Å². The maximum absolute atomic E-state index is 12.9. The van der Waals surface area contributed by atoms with E-state index >= 15 is 0 Å². The van der Waals surface area contributed by atoms with Gasteiger partial charge in [0, 0.05) is 30.5 Å². The van der Waals surface area contributed by atoms with Crippen LogP contribution in [0.1, 0.15) is 18.0 Å². The fraction of sp³-hybridized carbons (Fsp3) is 0.240. The molecule has 162 valence electrons. The van der Waals surface area contributed by atoms with Crippen LogP contribution in [0.5, 0.6) is 5.75 Å². The van der Waals surface area contributed by atoms with E-state index in [2.05, 4.69) is 14.9 Å². The number of rotatable bonds is 4. The van der Waals surface area contributed by atoms with Crippen LogP contribution in [0.4, 0.5) is 10.5 Å². The van der Waals surface area contributed by atoms with Gasteiger partial charge in [0.2, 0.25) is 0 Å². The number of hydrogen-bond acceptors (Lipinski definition) is 4. The Balaban J connectivity index is 1.43. The molecule has 2 aromatic heterocycles. The van der Waals surface area contributed by atoms with E-state index in [0.717, 1.165) is 46.0 Å². The minimum Gasteiger partial charge on any atom is -0.497 e. The number of ether oxygens (including phenoxy) is 1. The molecule has 1 aliphatic rings. The largest absolute Gasteiger partial charge is 0.497 e. The number of urea groups is 1. The van der Waals surface area contributed by atoms with Gasteiger partial charge in [0.05, 0.1) is 13.2 Å². The summed E-state index contributed by atoms with van der Waals surface area (Å²) in [6, 6.07) is 19.6. The molecule has 1 aliphatic heterocycles. The first-order valence-electron chi connectivity index (χ1n) is 10.7. The number of benzene rings is 2. The van der Waals surface area contributed by atoms with Gasteiger partial charge in [0.1, 0.15) is 17.1 Å². The topological polar surface area (TPSA) is 72.3 Å². The summed E-state index contributed by atoms with van der Waals surface area (Å²) in [5.74, 6) is 1.65. The van der Waals surface area contributed by atoms with Crippen molar-refractivity contribution in [3.05, 3.63) is 72.4 Å². The number of nitrogens with one attached hydrogen (secondary N) is 1. The molecule has 1 fully saturated rings. The van der Waals surface area contributed by atoms with Crippen LogP contribution in [0.3, 0.4) is 0 Å². The number of likely N-dealkylation sites (tertiary alicyclic amines) is 1. The van der Waals surface area contributed by atoms with Gasteiger partial charge in [-0.25, -0.2) is 14.8 Å². The smallest absolute Gasteiger partial charge is 0.321 e. The average molecular weight is 428 g/mol. The van der Waals surface area contributed by atoms with Gasteiger partial charge in [-0.1, -0.05) is 17.7 Å². The highest BCUT2D eigenvalue weighted by Gasteiger charge is 2.31. The van der Waals surface area contributed by atoms with Crippen molar-refractivity contribution in [3.63, 3.8) is 0 Å². The number of aryl methyl sites for hydroxylation is 1.